The van der Waals surface area contributed by atoms with Gasteiger partial charge in [0.15, 0.2) is 5.82 Å². The average Bonchev–Trinajstić information content (AvgIpc) is 3.17. The highest BCUT2D eigenvalue weighted by molar-refractivity contribution is 6.76. The summed E-state index contributed by atoms with van der Waals surface area (Å²) < 4.78 is 19.7. The number of carboxylic acids is 1. The Hall–Kier alpha value is -2.69. The fourth-order valence-electron chi connectivity index (χ4n) is 5.33. The first-order valence-electron chi connectivity index (χ1n) is 12.7. The van der Waals surface area contributed by atoms with Crippen molar-refractivity contribution in [3.05, 3.63) is 51.9 Å². The summed E-state index contributed by atoms with van der Waals surface area (Å²) in [4.78, 5) is 24.7. The molecule has 0 bridgehead atoms. The molecule has 1 N–H and O–H groups in total. The Balaban J connectivity index is 1.43. The molecule has 2 fully saturated rings. The molecule has 2 atom stereocenters. The predicted molar refractivity (Wildman–Crippen MR) is 138 cm³/mol. The number of aromatic carboxylic acids is 1. The highest BCUT2D eigenvalue weighted by Gasteiger charge is 2.57. The molecule has 1 aliphatic carbocycles. The molecular weight excluding hydrogens is 478 g/mol. The molecule has 0 spiro atoms. The Bertz CT molecular complexity index is 1330. The van der Waals surface area contributed by atoms with E-state index in [1.54, 1.807) is 6.07 Å². The first kappa shape index (κ1) is 25.0. The monoisotopic (exact) mass is 513 g/mol. The summed E-state index contributed by atoms with van der Waals surface area (Å²) in [5.74, 6) is -0.596. The van der Waals surface area contributed by atoms with Crippen LogP contribution in [0.15, 0.2) is 33.6 Å². The van der Waals surface area contributed by atoms with Crippen molar-refractivity contribution >= 4 is 24.9 Å². The van der Waals surface area contributed by atoms with E-state index in [4.69, 9.17) is 14.0 Å². The number of fused-ring (bicyclic) bond motifs is 1. The summed E-state index contributed by atoms with van der Waals surface area (Å²) in [5.41, 5.74) is 1.80. The maximum Gasteiger partial charge on any atom is 0.443 e. The minimum Gasteiger partial charge on any atom is -0.477 e. The Morgan fingerprint density at radius 3 is 2.69 bits per heavy atom. The van der Waals surface area contributed by atoms with Crippen molar-refractivity contribution in [2.45, 2.75) is 76.0 Å². The summed E-state index contributed by atoms with van der Waals surface area (Å²) in [6, 6.07) is 8.85. The minimum atomic E-state index is -1.25. The number of hydrogen-bond acceptors (Lipinski definition) is 6. The fourth-order valence-corrected chi connectivity index (χ4v) is 6.08. The molecule has 3 aromatic rings. The van der Waals surface area contributed by atoms with E-state index in [2.05, 4.69) is 36.9 Å². The van der Waals surface area contributed by atoms with E-state index in [0.717, 1.165) is 43.0 Å². The normalized spacial score (nSPS) is 22.8. The van der Waals surface area contributed by atoms with Crippen molar-refractivity contribution in [2.75, 3.05) is 19.8 Å². The molecule has 9 nitrogen and oxygen atoms in total. The summed E-state index contributed by atoms with van der Waals surface area (Å²) in [7, 11) is -1.25. The molecule has 2 aromatic heterocycles. The molecule has 5 rings (SSSR count). The molecule has 36 heavy (non-hydrogen) atoms. The van der Waals surface area contributed by atoms with Crippen molar-refractivity contribution in [1.29, 1.82) is 0 Å². The van der Waals surface area contributed by atoms with Gasteiger partial charge in [-0.25, -0.2) is 14.2 Å². The van der Waals surface area contributed by atoms with Crippen LogP contribution in [0.25, 0.3) is 10.9 Å². The van der Waals surface area contributed by atoms with Crippen LogP contribution in [0.1, 0.15) is 60.0 Å². The zero-order valence-corrected chi connectivity index (χ0v) is 22.5. The van der Waals surface area contributed by atoms with Gasteiger partial charge in [0.05, 0.1) is 5.41 Å². The predicted octanol–water partition coefficient (Wildman–Crippen LogP) is 4.60. The molecule has 0 radical (unpaired) electrons. The molecule has 0 amide bonds. The van der Waals surface area contributed by atoms with Gasteiger partial charge in [0.25, 0.3) is 0 Å². The molecule has 0 unspecified atom stereocenters. The van der Waals surface area contributed by atoms with Crippen LogP contribution in [0.4, 0.5) is 0 Å². The number of benzene rings is 1. The van der Waals surface area contributed by atoms with Crippen molar-refractivity contribution < 1.29 is 23.9 Å². The molecule has 194 valence electrons. The van der Waals surface area contributed by atoms with Crippen LogP contribution >= 0.6 is 0 Å². The van der Waals surface area contributed by atoms with E-state index in [-0.39, 0.29) is 18.5 Å². The van der Waals surface area contributed by atoms with Gasteiger partial charge in [-0.15, -0.1) is 0 Å². The second-order valence-electron chi connectivity index (χ2n) is 11.6. The van der Waals surface area contributed by atoms with Crippen LogP contribution in [0.5, 0.6) is 0 Å². The van der Waals surface area contributed by atoms with Crippen molar-refractivity contribution in [3.63, 3.8) is 0 Å². The number of ether oxygens (including phenoxy) is 2. The highest BCUT2D eigenvalue weighted by Crippen LogP contribution is 2.58. The van der Waals surface area contributed by atoms with E-state index >= 15 is 0 Å². The number of aromatic nitrogens is 3. The van der Waals surface area contributed by atoms with Crippen LogP contribution in [0, 0.1) is 0 Å². The van der Waals surface area contributed by atoms with E-state index in [0.29, 0.717) is 24.8 Å². The Labute approximate surface area is 211 Å². The van der Waals surface area contributed by atoms with Crippen LogP contribution in [0.3, 0.4) is 0 Å². The average molecular weight is 514 g/mol. The second kappa shape index (κ2) is 9.31. The van der Waals surface area contributed by atoms with Crippen molar-refractivity contribution in [2.24, 2.45) is 0 Å². The van der Waals surface area contributed by atoms with Gasteiger partial charge in [-0.2, -0.15) is 0 Å². The number of carboxylic acid groups (broad SMARTS) is 1. The Kier molecular flexibility index (Phi) is 6.46. The zero-order chi connectivity index (χ0) is 25.7. The summed E-state index contributed by atoms with van der Waals surface area (Å²) >= 11 is 0. The molecule has 1 saturated carbocycles. The summed E-state index contributed by atoms with van der Waals surface area (Å²) in [6.45, 7) is 11.0. The largest absolute Gasteiger partial charge is 0.477 e. The van der Waals surface area contributed by atoms with Crippen molar-refractivity contribution in [1.82, 2.24) is 14.3 Å². The van der Waals surface area contributed by atoms with E-state index in [1.807, 2.05) is 17.6 Å². The van der Waals surface area contributed by atoms with Gasteiger partial charge in [-0.3, -0.25) is 4.52 Å². The number of rotatable bonds is 9. The topological polar surface area (TPSA) is 109 Å². The number of hydrogen-bond donors (Lipinski definition) is 1. The molecule has 3 heterocycles. The molecule has 1 saturated heterocycles. The van der Waals surface area contributed by atoms with Crippen LogP contribution < -0.4 is 5.76 Å². The van der Waals surface area contributed by atoms with E-state index in [1.165, 1.54) is 10.1 Å². The van der Waals surface area contributed by atoms with Crippen LogP contribution in [-0.4, -0.2) is 53.3 Å². The smallest absolute Gasteiger partial charge is 0.443 e. The maximum absolute atomic E-state index is 12.4. The Morgan fingerprint density at radius 1 is 1.25 bits per heavy atom. The third-order valence-corrected chi connectivity index (χ3v) is 9.40. The molecule has 1 aromatic carbocycles. The lowest BCUT2D eigenvalue weighted by Gasteiger charge is -2.22. The molecule has 2 aliphatic rings. The first-order valence-corrected chi connectivity index (χ1v) is 16.4. The van der Waals surface area contributed by atoms with Gasteiger partial charge < -0.3 is 19.1 Å². The van der Waals surface area contributed by atoms with Gasteiger partial charge >= 0.3 is 11.7 Å². The minimum absolute atomic E-state index is 0.0805. The molecule has 10 heteroatoms. The lowest BCUT2D eigenvalue weighted by molar-refractivity contribution is 0.0684. The Morgan fingerprint density at radius 2 is 2.00 bits per heavy atom. The quantitative estimate of drug-likeness (QED) is 0.329. The lowest BCUT2D eigenvalue weighted by Crippen LogP contribution is -2.26. The van der Waals surface area contributed by atoms with Gasteiger partial charge in [0.2, 0.25) is 0 Å². The van der Waals surface area contributed by atoms with E-state index in [9.17, 15) is 14.7 Å². The van der Waals surface area contributed by atoms with Gasteiger partial charge in [-0.1, -0.05) is 37.8 Å². The SMILES string of the molecule is C[C@]1(c2noc(=O)n2COCC[Si](C)(C)C)C[C@@H]1n1c(C(=O)O)cc2cc(C3CCOCC3)ccc21. The third-order valence-electron chi connectivity index (χ3n) is 7.69. The summed E-state index contributed by atoms with van der Waals surface area (Å²) in [6.07, 6.45) is 2.60. The lowest BCUT2D eigenvalue weighted by atomic mass is 9.91. The number of nitrogens with zero attached hydrogens (tertiary/aromatic N) is 3. The highest BCUT2D eigenvalue weighted by atomic mass is 28.3. The standard InChI is InChI=1S/C26H35N3O6Si/c1-26(24-27-35-25(32)28(24)16-34-11-12-36(2,3)4)15-22(26)29-20-6-5-18(17-7-9-33-10-8-17)13-19(20)14-21(29)23(30)31/h5-6,13-14,17,22H,7-12,15-16H2,1-4H3,(H,30,31)/t22-,26-/m0/s1. The molecular formula is C26H35N3O6Si. The van der Waals surface area contributed by atoms with Crippen molar-refractivity contribution in [3.8, 4) is 0 Å². The van der Waals surface area contributed by atoms with Crippen LogP contribution in [0.2, 0.25) is 25.7 Å². The summed E-state index contributed by atoms with van der Waals surface area (Å²) in [5, 5.41) is 15.0. The van der Waals surface area contributed by atoms with Crippen LogP contribution in [-0.2, 0) is 21.6 Å². The first-order chi connectivity index (χ1) is 17.1. The van der Waals surface area contributed by atoms with Gasteiger partial charge in [0.1, 0.15) is 12.4 Å². The van der Waals surface area contributed by atoms with Gasteiger partial charge in [-0.05, 0) is 55.0 Å². The maximum atomic E-state index is 12.4. The fraction of sp³-hybridized carbons (Fsp3) is 0.577. The number of carbonyl (C=O) groups is 1. The molecule has 1 aliphatic heterocycles. The third kappa shape index (κ3) is 4.69. The second-order valence-corrected chi connectivity index (χ2v) is 17.2. The van der Waals surface area contributed by atoms with Gasteiger partial charge in [0, 0.05) is 44.8 Å². The van der Waals surface area contributed by atoms with E-state index < -0.39 is 25.2 Å². The zero-order valence-electron chi connectivity index (χ0n) is 21.5.